The molecule has 1 aromatic rings. The summed E-state index contributed by atoms with van der Waals surface area (Å²) in [5, 5.41) is 29.9. The van der Waals surface area contributed by atoms with E-state index in [-0.39, 0.29) is 24.0 Å². The quantitative estimate of drug-likeness (QED) is 0.843. The first-order chi connectivity index (χ1) is 13.6. The number of hydrogen-bond donors (Lipinski definition) is 1. The minimum absolute atomic E-state index is 0.0371. The molecule has 1 aliphatic carbocycles. The largest absolute Gasteiger partial charge is 0.454 e. The van der Waals surface area contributed by atoms with Crippen molar-refractivity contribution in [2.24, 2.45) is 17.1 Å². The minimum atomic E-state index is -1.63. The number of benzene rings is 1. The van der Waals surface area contributed by atoms with Gasteiger partial charge in [0.15, 0.2) is 16.9 Å². The molecule has 0 aromatic heterocycles. The minimum Gasteiger partial charge on any atom is -0.454 e. The van der Waals surface area contributed by atoms with Gasteiger partial charge in [-0.15, -0.1) is 0 Å². The van der Waals surface area contributed by atoms with E-state index in [1.54, 1.807) is 6.07 Å². The molecule has 0 amide bonds. The average molecular weight is 373 g/mol. The smallest absolute Gasteiger partial charge is 0.231 e. The summed E-state index contributed by atoms with van der Waals surface area (Å²) >= 11 is 0. The van der Waals surface area contributed by atoms with Crippen LogP contribution in [0.1, 0.15) is 18.4 Å². The number of ether oxygens (including phenoxy) is 2. The van der Waals surface area contributed by atoms with Crippen molar-refractivity contribution in [3.8, 4) is 29.7 Å². The van der Waals surface area contributed by atoms with E-state index in [0.717, 1.165) is 17.7 Å². The van der Waals surface area contributed by atoms with E-state index in [2.05, 4.69) is 30.0 Å². The summed E-state index contributed by atoms with van der Waals surface area (Å²) in [6.45, 7) is 4.39. The lowest BCUT2D eigenvalue weighted by atomic mass is 9.58. The lowest BCUT2D eigenvalue weighted by Crippen LogP contribution is -2.48. The normalized spacial score (nSPS) is 25.1. The third-order valence-electron chi connectivity index (χ3n) is 5.94. The molecule has 2 unspecified atom stereocenters. The van der Waals surface area contributed by atoms with Crippen molar-refractivity contribution in [1.29, 1.82) is 15.8 Å². The van der Waals surface area contributed by atoms with Crippen LogP contribution in [0.5, 0.6) is 11.5 Å². The van der Waals surface area contributed by atoms with Gasteiger partial charge in [0.25, 0.3) is 0 Å². The van der Waals surface area contributed by atoms with Gasteiger partial charge in [-0.25, -0.2) is 0 Å². The van der Waals surface area contributed by atoms with E-state index in [9.17, 15) is 15.8 Å². The monoisotopic (exact) mass is 373 g/mol. The highest BCUT2D eigenvalue weighted by Crippen LogP contribution is 2.55. The fourth-order valence-corrected chi connectivity index (χ4v) is 4.48. The van der Waals surface area contributed by atoms with E-state index in [4.69, 9.17) is 15.2 Å². The Morgan fingerprint density at radius 1 is 1.21 bits per heavy atom. The van der Waals surface area contributed by atoms with Gasteiger partial charge < -0.3 is 15.2 Å². The van der Waals surface area contributed by atoms with Gasteiger partial charge in [0.2, 0.25) is 6.79 Å². The van der Waals surface area contributed by atoms with Crippen LogP contribution in [0.4, 0.5) is 0 Å². The number of rotatable bonds is 2. The summed E-state index contributed by atoms with van der Waals surface area (Å²) in [5.41, 5.74) is 6.59. The second-order valence-electron chi connectivity index (χ2n) is 7.14. The summed E-state index contributed by atoms with van der Waals surface area (Å²) in [7, 11) is 0. The van der Waals surface area contributed by atoms with Gasteiger partial charge >= 0.3 is 0 Å². The summed E-state index contributed by atoms with van der Waals surface area (Å²) < 4.78 is 10.9. The van der Waals surface area contributed by atoms with Crippen LogP contribution in [-0.4, -0.2) is 31.3 Å². The Bertz CT molecular complexity index is 1010. The predicted octanol–water partition coefficient (Wildman–Crippen LogP) is 2.16. The molecule has 140 valence electrons. The Kier molecular flexibility index (Phi) is 4.23. The highest BCUT2D eigenvalue weighted by Gasteiger charge is 2.54. The van der Waals surface area contributed by atoms with Gasteiger partial charge in [-0.05, 0) is 29.8 Å². The van der Waals surface area contributed by atoms with E-state index >= 15 is 0 Å². The zero-order chi connectivity index (χ0) is 19.9. The van der Waals surface area contributed by atoms with Crippen LogP contribution in [0, 0.1) is 45.3 Å². The number of allylic oxidation sites excluding steroid dienone is 2. The number of likely N-dealkylation sites (N-methyl/N-ethyl adjacent to an activating group) is 1. The molecule has 4 rings (SSSR count). The molecule has 0 bridgehead atoms. The topological polar surface area (TPSA) is 119 Å². The van der Waals surface area contributed by atoms with Crippen LogP contribution < -0.4 is 15.2 Å². The Morgan fingerprint density at radius 3 is 2.64 bits per heavy atom. The maximum Gasteiger partial charge on any atom is 0.231 e. The number of nitrogens with zero attached hydrogens (tertiary/aromatic N) is 4. The van der Waals surface area contributed by atoms with Crippen LogP contribution in [0.25, 0.3) is 0 Å². The Hall–Kier alpha value is -3.47. The molecule has 0 saturated carbocycles. The van der Waals surface area contributed by atoms with Crippen LogP contribution >= 0.6 is 0 Å². The lowest BCUT2D eigenvalue weighted by molar-refractivity contribution is 0.173. The van der Waals surface area contributed by atoms with E-state index in [0.29, 0.717) is 24.6 Å². The van der Waals surface area contributed by atoms with Gasteiger partial charge in [-0.3, -0.25) is 4.90 Å². The fraction of sp³-hybridized carbons (Fsp3) is 0.381. The number of hydrogen-bond acceptors (Lipinski definition) is 7. The molecular formula is C21H19N5O2. The first-order valence-electron chi connectivity index (χ1n) is 9.14. The van der Waals surface area contributed by atoms with Crippen molar-refractivity contribution in [2.75, 3.05) is 26.4 Å². The van der Waals surface area contributed by atoms with Crippen LogP contribution in [0.3, 0.4) is 0 Å². The molecule has 2 atom stereocenters. The van der Waals surface area contributed by atoms with Crippen molar-refractivity contribution in [2.45, 2.75) is 12.8 Å². The maximum atomic E-state index is 10.1. The molecule has 2 N–H and O–H groups in total. The lowest BCUT2D eigenvalue weighted by Gasteiger charge is -2.45. The summed E-state index contributed by atoms with van der Waals surface area (Å²) in [6, 6.07) is 11.9. The van der Waals surface area contributed by atoms with Crippen LogP contribution in [0.2, 0.25) is 0 Å². The molecule has 7 heteroatoms. The van der Waals surface area contributed by atoms with Crippen molar-refractivity contribution in [1.82, 2.24) is 4.90 Å². The fourth-order valence-electron chi connectivity index (χ4n) is 4.48. The number of fused-ring (bicyclic) bond motifs is 2. The SMILES string of the molecule is CCN1CC=C2C(C#N)=C(N)C(C#N)(C#N)C(c3ccc4c(c3)OCO4)C2C1. The second kappa shape index (κ2) is 6.60. The van der Waals surface area contributed by atoms with Gasteiger partial charge in [-0.1, -0.05) is 19.1 Å². The van der Waals surface area contributed by atoms with Crippen LogP contribution in [-0.2, 0) is 0 Å². The third-order valence-corrected chi connectivity index (χ3v) is 5.94. The molecule has 28 heavy (non-hydrogen) atoms. The molecular weight excluding hydrogens is 354 g/mol. The third kappa shape index (κ3) is 2.36. The molecule has 1 aromatic carbocycles. The molecule has 0 radical (unpaired) electrons. The summed E-state index contributed by atoms with van der Waals surface area (Å²) in [5.74, 6) is 0.504. The van der Waals surface area contributed by atoms with Gasteiger partial charge in [-0.2, -0.15) is 15.8 Å². The molecule has 2 heterocycles. The first kappa shape index (κ1) is 17.9. The first-order valence-corrected chi connectivity index (χ1v) is 9.14. The van der Waals surface area contributed by atoms with E-state index in [1.807, 2.05) is 18.2 Å². The Balaban J connectivity index is 1.96. The Labute approximate surface area is 163 Å². The van der Waals surface area contributed by atoms with Gasteiger partial charge in [0.05, 0.1) is 23.4 Å². The highest BCUT2D eigenvalue weighted by atomic mass is 16.7. The number of nitrogens with two attached hydrogens (primary N) is 1. The van der Waals surface area contributed by atoms with Crippen molar-refractivity contribution in [3.63, 3.8) is 0 Å². The maximum absolute atomic E-state index is 10.1. The molecule has 0 spiro atoms. The van der Waals surface area contributed by atoms with Crippen molar-refractivity contribution < 1.29 is 9.47 Å². The standard InChI is InChI=1S/C21H19N5O2/c1-2-26-6-5-14-15(8-22)20(25)21(10-23,11-24)19(16(14)9-26)13-3-4-17-18(7-13)28-12-27-17/h3-5,7,16,19H,2,6,9,12,25H2,1H3. The molecule has 0 saturated heterocycles. The molecule has 7 nitrogen and oxygen atoms in total. The molecule has 2 aliphatic heterocycles. The van der Waals surface area contributed by atoms with Gasteiger partial charge in [0, 0.05) is 24.9 Å². The van der Waals surface area contributed by atoms with Crippen molar-refractivity contribution in [3.05, 3.63) is 46.7 Å². The molecule has 0 fully saturated rings. The zero-order valence-electron chi connectivity index (χ0n) is 15.5. The molecule has 3 aliphatic rings. The van der Waals surface area contributed by atoms with Gasteiger partial charge in [0.1, 0.15) is 6.07 Å². The van der Waals surface area contributed by atoms with E-state index in [1.165, 1.54) is 0 Å². The van der Waals surface area contributed by atoms with Crippen LogP contribution in [0.15, 0.2) is 41.1 Å². The second-order valence-corrected chi connectivity index (χ2v) is 7.14. The highest BCUT2D eigenvalue weighted by molar-refractivity contribution is 5.60. The number of nitriles is 3. The van der Waals surface area contributed by atoms with Crippen molar-refractivity contribution >= 4 is 0 Å². The Morgan fingerprint density at radius 2 is 1.96 bits per heavy atom. The summed E-state index contributed by atoms with van der Waals surface area (Å²) in [6.07, 6.45) is 2.00. The zero-order valence-corrected chi connectivity index (χ0v) is 15.5. The average Bonchev–Trinajstić information content (AvgIpc) is 3.20. The van der Waals surface area contributed by atoms with E-state index < -0.39 is 11.3 Å². The summed E-state index contributed by atoms with van der Waals surface area (Å²) in [4.78, 5) is 2.23. The predicted molar refractivity (Wildman–Crippen MR) is 99.5 cm³/mol.